The molecule has 2 aliphatic rings. The van der Waals surface area contributed by atoms with Crippen molar-refractivity contribution >= 4 is 11.8 Å². The molecule has 0 radical (unpaired) electrons. The monoisotopic (exact) mass is 322 g/mol. The van der Waals surface area contributed by atoms with Crippen LogP contribution in [0.25, 0.3) is 0 Å². The van der Waals surface area contributed by atoms with Crippen LogP contribution >= 0.6 is 11.8 Å². The lowest BCUT2D eigenvalue weighted by Gasteiger charge is -2.32. The van der Waals surface area contributed by atoms with Gasteiger partial charge >= 0.3 is 0 Å². The molecule has 0 bridgehead atoms. The summed E-state index contributed by atoms with van der Waals surface area (Å²) in [5.74, 6) is 0. The molecule has 2 fully saturated rings. The summed E-state index contributed by atoms with van der Waals surface area (Å²) in [6, 6.07) is 8.13. The second-order valence-electron chi connectivity index (χ2n) is 5.85. The summed E-state index contributed by atoms with van der Waals surface area (Å²) in [5, 5.41) is 37.1. The number of rotatable bonds is 2. The van der Waals surface area contributed by atoms with E-state index >= 15 is 0 Å². The summed E-state index contributed by atoms with van der Waals surface area (Å²) >= 11 is 1.76. The second kappa shape index (κ2) is 8.43. The number of nitriles is 4. The maximum Gasteiger partial charge on any atom is 0.129 e. The number of hydrogen-bond acceptors (Lipinski definition) is 5. The Balaban J connectivity index is 2.29. The Bertz CT molecular complexity index is 598. The summed E-state index contributed by atoms with van der Waals surface area (Å²) in [6.07, 6.45) is 7.78. The van der Waals surface area contributed by atoms with Crippen LogP contribution in [0.5, 0.6) is 0 Å². The van der Waals surface area contributed by atoms with Gasteiger partial charge in [-0.25, -0.2) is 0 Å². The standard InChI is InChI=1S/C18H18N4S/c19-9-13(10-20)15-5-1-3-7-17(15)23-18-8-4-2-6-16(18)14(11-21)12-22/h17-18H,1-8H2/t17-,18-/m1/s1. The van der Waals surface area contributed by atoms with Crippen LogP contribution < -0.4 is 0 Å². The fourth-order valence-corrected chi connectivity index (χ4v) is 5.17. The fraction of sp³-hybridized carbons (Fsp3) is 0.556. The highest BCUT2D eigenvalue weighted by Gasteiger charge is 2.30. The minimum Gasteiger partial charge on any atom is -0.192 e. The Morgan fingerprint density at radius 1 is 0.696 bits per heavy atom. The topological polar surface area (TPSA) is 95.2 Å². The molecule has 0 heterocycles. The van der Waals surface area contributed by atoms with Gasteiger partial charge in [0, 0.05) is 10.5 Å². The van der Waals surface area contributed by atoms with Crippen LogP contribution in [0.2, 0.25) is 0 Å². The van der Waals surface area contributed by atoms with Gasteiger partial charge in [0.15, 0.2) is 0 Å². The van der Waals surface area contributed by atoms with Crippen molar-refractivity contribution in [1.82, 2.24) is 0 Å². The van der Waals surface area contributed by atoms with Crippen LogP contribution in [0.15, 0.2) is 22.3 Å². The minimum absolute atomic E-state index is 0.162. The molecular formula is C18H18N4S. The van der Waals surface area contributed by atoms with Crippen molar-refractivity contribution in [2.75, 3.05) is 0 Å². The molecule has 0 spiro atoms. The summed E-state index contributed by atoms with van der Waals surface area (Å²) < 4.78 is 0. The van der Waals surface area contributed by atoms with Crippen molar-refractivity contribution in [3.8, 4) is 24.3 Å². The molecular weight excluding hydrogens is 304 g/mol. The van der Waals surface area contributed by atoms with Crippen molar-refractivity contribution < 1.29 is 0 Å². The highest BCUT2D eigenvalue weighted by atomic mass is 32.2. The molecule has 0 aromatic heterocycles. The molecule has 2 atom stereocenters. The third kappa shape index (κ3) is 3.96. The molecule has 0 aromatic carbocycles. The normalized spacial score (nSPS) is 23.8. The lowest BCUT2D eigenvalue weighted by Crippen LogP contribution is -2.22. The van der Waals surface area contributed by atoms with E-state index in [1.807, 2.05) is 24.3 Å². The Hall–Kier alpha value is -2.21. The lowest BCUT2D eigenvalue weighted by molar-refractivity contribution is 0.588. The molecule has 0 N–H and O–H groups in total. The van der Waals surface area contributed by atoms with E-state index in [0.717, 1.165) is 62.5 Å². The van der Waals surface area contributed by atoms with Gasteiger partial charge in [0.05, 0.1) is 0 Å². The quantitative estimate of drug-likeness (QED) is 0.706. The Kier molecular flexibility index (Phi) is 6.29. The van der Waals surface area contributed by atoms with E-state index in [2.05, 4.69) is 0 Å². The van der Waals surface area contributed by atoms with Gasteiger partial charge in [-0.1, -0.05) is 12.8 Å². The number of allylic oxidation sites excluding steroid dienone is 2. The number of hydrogen-bond donors (Lipinski definition) is 0. The molecule has 0 aliphatic heterocycles. The van der Waals surface area contributed by atoms with Crippen molar-refractivity contribution in [2.24, 2.45) is 0 Å². The second-order valence-corrected chi connectivity index (χ2v) is 7.26. The van der Waals surface area contributed by atoms with Gasteiger partial charge in [0.1, 0.15) is 35.4 Å². The Morgan fingerprint density at radius 3 is 1.43 bits per heavy atom. The SMILES string of the molecule is N#CC(C#N)=C1CCCC[C@H]1S[C@@H]1CCCCC1=C(C#N)C#N. The molecule has 0 saturated heterocycles. The van der Waals surface area contributed by atoms with Crippen LogP contribution in [-0.2, 0) is 0 Å². The van der Waals surface area contributed by atoms with Gasteiger partial charge in [-0.3, -0.25) is 0 Å². The van der Waals surface area contributed by atoms with Gasteiger partial charge in [-0.2, -0.15) is 21.0 Å². The summed E-state index contributed by atoms with van der Waals surface area (Å²) in [5.41, 5.74) is 2.44. The number of nitrogens with zero attached hydrogens (tertiary/aromatic N) is 4. The molecule has 116 valence electrons. The van der Waals surface area contributed by atoms with E-state index in [0.29, 0.717) is 0 Å². The van der Waals surface area contributed by atoms with E-state index < -0.39 is 0 Å². The molecule has 2 rings (SSSR count). The first kappa shape index (κ1) is 17.1. The zero-order chi connectivity index (χ0) is 16.7. The average Bonchev–Trinajstić information content (AvgIpc) is 2.60. The van der Waals surface area contributed by atoms with E-state index in [9.17, 15) is 21.0 Å². The number of thioether (sulfide) groups is 1. The van der Waals surface area contributed by atoms with Crippen molar-refractivity contribution in [2.45, 2.75) is 61.9 Å². The fourth-order valence-electron chi connectivity index (χ4n) is 3.37. The molecule has 2 saturated carbocycles. The molecule has 23 heavy (non-hydrogen) atoms. The van der Waals surface area contributed by atoms with Crippen LogP contribution in [0, 0.1) is 45.3 Å². The van der Waals surface area contributed by atoms with Gasteiger partial charge in [0.25, 0.3) is 0 Å². The molecule has 2 aliphatic carbocycles. The highest BCUT2D eigenvalue weighted by molar-refractivity contribution is 8.00. The van der Waals surface area contributed by atoms with E-state index in [1.165, 1.54) is 0 Å². The molecule has 4 nitrogen and oxygen atoms in total. The van der Waals surface area contributed by atoms with Crippen molar-refractivity contribution in [3.05, 3.63) is 22.3 Å². The molecule has 0 aromatic rings. The highest BCUT2D eigenvalue weighted by Crippen LogP contribution is 2.43. The predicted octanol–water partition coefficient (Wildman–Crippen LogP) is 4.29. The lowest BCUT2D eigenvalue weighted by atomic mass is 9.90. The zero-order valence-corrected chi connectivity index (χ0v) is 13.8. The zero-order valence-electron chi connectivity index (χ0n) is 13.0. The molecule has 5 heteroatoms. The van der Waals surface area contributed by atoms with Gasteiger partial charge in [-0.05, 0) is 49.7 Å². The van der Waals surface area contributed by atoms with Gasteiger partial charge in [0.2, 0.25) is 0 Å². The van der Waals surface area contributed by atoms with E-state index in [1.54, 1.807) is 11.8 Å². The smallest absolute Gasteiger partial charge is 0.129 e. The minimum atomic E-state index is 0.162. The summed E-state index contributed by atoms with van der Waals surface area (Å²) in [4.78, 5) is 0. The van der Waals surface area contributed by atoms with Gasteiger partial charge < -0.3 is 0 Å². The first-order valence-corrected chi connectivity index (χ1v) is 8.91. The first-order chi connectivity index (χ1) is 11.2. The van der Waals surface area contributed by atoms with Crippen LogP contribution in [-0.4, -0.2) is 10.5 Å². The summed E-state index contributed by atoms with van der Waals surface area (Å²) in [6.45, 7) is 0. The Morgan fingerprint density at radius 2 is 1.09 bits per heavy atom. The van der Waals surface area contributed by atoms with Crippen LogP contribution in [0.1, 0.15) is 51.4 Å². The maximum absolute atomic E-state index is 9.18. The predicted molar refractivity (Wildman–Crippen MR) is 88.6 cm³/mol. The molecule has 0 unspecified atom stereocenters. The largest absolute Gasteiger partial charge is 0.192 e. The summed E-state index contributed by atoms with van der Waals surface area (Å²) in [7, 11) is 0. The molecule has 0 amide bonds. The van der Waals surface area contributed by atoms with Crippen LogP contribution in [0.4, 0.5) is 0 Å². The van der Waals surface area contributed by atoms with Crippen LogP contribution in [0.3, 0.4) is 0 Å². The van der Waals surface area contributed by atoms with Gasteiger partial charge in [-0.15, -0.1) is 11.8 Å². The third-order valence-corrected chi connectivity index (χ3v) is 6.22. The maximum atomic E-state index is 9.18. The Labute approximate surface area is 141 Å². The van der Waals surface area contributed by atoms with E-state index in [4.69, 9.17) is 0 Å². The average molecular weight is 322 g/mol. The van der Waals surface area contributed by atoms with E-state index in [-0.39, 0.29) is 21.6 Å². The van der Waals surface area contributed by atoms with Crippen molar-refractivity contribution in [1.29, 1.82) is 21.0 Å². The first-order valence-electron chi connectivity index (χ1n) is 7.97. The third-order valence-electron chi connectivity index (χ3n) is 4.52. The van der Waals surface area contributed by atoms with Crippen molar-refractivity contribution in [3.63, 3.8) is 0 Å².